The number of furan rings is 2. The second-order valence-electron chi connectivity index (χ2n) is 10.4. The maximum absolute atomic E-state index is 13.2. The third kappa shape index (κ3) is 8.05. The van der Waals surface area contributed by atoms with Gasteiger partial charge < -0.3 is 50.7 Å². The molecule has 0 saturated carbocycles. The first kappa shape index (κ1) is 35.8. The molecule has 0 spiro atoms. The lowest BCUT2D eigenvalue weighted by Gasteiger charge is -2.14. The smallest absolute Gasteiger partial charge is 0.342 e. The highest BCUT2D eigenvalue weighted by molar-refractivity contribution is 7.81. The quantitative estimate of drug-likeness (QED) is 0.0513. The van der Waals surface area contributed by atoms with Gasteiger partial charge in [-0.2, -0.15) is 0 Å². The second kappa shape index (κ2) is 15.4. The maximum atomic E-state index is 13.2. The Morgan fingerprint density at radius 1 is 0.760 bits per heavy atom. The van der Waals surface area contributed by atoms with Crippen molar-refractivity contribution in [3.05, 3.63) is 76.7 Å². The number of carbonyl (C=O) groups is 2. The molecule has 0 amide bonds. The van der Waals surface area contributed by atoms with Gasteiger partial charge in [-0.1, -0.05) is 12.1 Å². The van der Waals surface area contributed by atoms with Crippen LogP contribution in [-0.2, 0) is 37.8 Å². The van der Waals surface area contributed by atoms with Gasteiger partial charge in [0.05, 0.1) is 20.3 Å². The Bertz CT molecular complexity index is 2130. The van der Waals surface area contributed by atoms with Crippen LogP contribution in [0.4, 0.5) is 0 Å². The molecule has 0 bridgehead atoms. The number of benzene rings is 3. The first-order chi connectivity index (χ1) is 24.0. The Labute approximate surface area is 286 Å². The molecule has 0 unspecified atom stereocenters. The molecule has 0 N–H and O–H groups in total. The molecular weight excluding hydrogens is 680 g/mol. The van der Waals surface area contributed by atoms with Gasteiger partial charge in [0.1, 0.15) is 47.0 Å². The highest BCUT2D eigenvalue weighted by Crippen LogP contribution is 2.40. The summed E-state index contributed by atoms with van der Waals surface area (Å²) < 4.78 is 89.1. The zero-order chi connectivity index (χ0) is 36.0. The molecule has 0 aliphatic heterocycles. The molecule has 5 aromatic rings. The van der Waals surface area contributed by atoms with E-state index < -0.39 is 28.1 Å². The van der Waals surface area contributed by atoms with Crippen LogP contribution in [0.25, 0.3) is 21.9 Å². The third-order valence-corrected chi connectivity index (χ3v) is 7.51. The molecule has 0 radical (unpaired) electrons. The minimum atomic E-state index is -5.20. The van der Waals surface area contributed by atoms with E-state index in [1.807, 2.05) is 6.07 Å². The lowest BCUT2D eigenvalue weighted by Crippen LogP contribution is -2.10. The van der Waals surface area contributed by atoms with Crippen molar-refractivity contribution in [3.8, 4) is 28.7 Å². The van der Waals surface area contributed by atoms with E-state index in [0.717, 1.165) is 11.6 Å². The van der Waals surface area contributed by atoms with E-state index in [1.165, 1.54) is 20.3 Å². The highest BCUT2D eigenvalue weighted by Gasteiger charge is 2.27. The minimum absolute atomic E-state index is 0.00307. The number of carbonyl (C=O) groups excluding carboxylic acids is 2. The molecule has 0 aliphatic carbocycles. The van der Waals surface area contributed by atoms with E-state index in [4.69, 9.17) is 42.0 Å². The fourth-order valence-electron chi connectivity index (χ4n) is 5.08. The maximum Gasteiger partial charge on any atom is 0.342 e. The van der Waals surface area contributed by atoms with E-state index in [-0.39, 0.29) is 78.3 Å². The van der Waals surface area contributed by atoms with Crippen LogP contribution in [0.3, 0.4) is 0 Å². The molecular formula is C34H33O15S-. The van der Waals surface area contributed by atoms with Gasteiger partial charge in [-0.3, -0.25) is 0 Å². The van der Waals surface area contributed by atoms with Crippen molar-refractivity contribution in [2.24, 2.45) is 0 Å². The molecule has 5 rings (SSSR count). The fraction of sp³-hybridized carbons (Fsp3) is 0.294. The Morgan fingerprint density at radius 2 is 1.38 bits per heavy atom. The molecule has 0 fully saturated rings. The number of rotatable bonds is 16. The van der Waals surface area contributed by atoms with Gasteiger partial charge in [0.2, 0.25) is 0 Å². The monoisotopic (exact) mass is 713 g/mol. The summed E-state index contributed by atoms with van der Waals surface area (Å²) in [4.78, 5) is 26.0. The van der Waals surface area contributed by atoms with E-state index in [0.29, 0.717) is 22.5 Å². The number of aryl methyl sites for hydroxylation is 1. The molecule has 0 atom stereocenters. The number of hydrogen-bond acceptors (Lipinski definition) is 15. The lowest BCUT2D eigenvalue weighted by molar-refractivity contribution is 0.0509. The van der Waals surface area contributed by atoms with E-state index in [1.54, 1.807) is 51.1 Å². The van der Waals surface area contributed by atoms with Crippen molar-refractivity contribution in [2.45, 2.75) is 34.0 Å². The third-order valence-electron chi connectivity index (χ3n) is 7.12. The number of hydrogen-bond donors (Lipinski definition) is 0. The van der Waals surface area contributed by atoms with Crippen molar-refractivity contribution in [3.63, 3.8) is 0 Å². The number of methoxy groups -OCH3 is 2. The standard InChI is InChI=1S/C34H34O15S/c1-6-42-33(35)31-19(3)47-24-15-28(44-16-20-9-8-10-21(11-20)46-18-40-4)27(12-22(24)31)45-17-30-32(34(36)43-7-2)23-13-29(49-50(37,38)39)26(41-5)14-25(23)48-30/h8-15H,6-7,16-18H2,1-5H3,(H,37,38,39)/p-1. The van der Waals surface area contributed by atoms with Crippen LogP contribution in [0.5, 0.6) is 28.7 Å². The summed E-state index contributed by atoms with van der Waals surface area (Å²) in [6.07, 6.45) is 0. The molecule has 2 heterocycles. The minimum Gasteiger partial charge on any atom is -0.716 e. The van der Waals surface area contributed by atoms with Crippen LogP contribution in [0.15, 0.2) is 57.4 Å². The summed E-state index contributed by atoms with van der Waals surface area (Å²) in [5.41, 5.74) is 1.25. The van der Waals surface area contributed by atoms with E-state index >= 15 is 0 Å². The summed E-state index contributed by atoms with van der Waals surface area (Å²) in [5, 5.41) is 0.456. The summed E-state index contributed by atoms with van der Waals surface area (Å²) in [7, 11) is -2.45. The normalized spacial score (nSPS) is 11.4. The van der Waals surface area contributed by atoms with E-state index in [2.05, 4.69) is 4.18 Å². The highest BCUT2D eigenvalue weighted by atomic mass is 32.3. The largest absolute Gasteiger partial charge is 0.716 e. The number of esters is 2. The second-order valence-corrected chi connectivity index (χ2v) is 11.4. The van der Waals surface area contributed by atoms with Gasteiger partial charge >= 0.3 is 11.9 Å². The Hall–Kier alpha value is -5.45. The zero-order valence-electron chi connectivity index (χ0n) is 27.7. The van der Waals surface area contributed by atoms with Gasteiger partial charge in [0.25, 0.3) is 10.4 Å². The molecule has 16 heteroatoms. The summed E-state index contributed by atoms with van der Waals surface area (Å²) in [5.74, 6) is -0.795. The molecule has 3 aromatic carbocycles. The number of ether oxygens (including phenoxy) is 7. The first-order valence-corrected chi connectivity index (χ1v) is 16.5. The average molecular weight is 714 g/mol. The predicted octanol–water partition coefficient (Wildman–Crippen LogP) is 5.83. The van der Waals surface area contributed by atoms with Crippen LogP contribution in [0, 0.1) is 6.92 Å². The van der Waals surface area contributed by atoms with Gasteiger partial charge in [0.15, 0.2) is 35.6 Å². The van der Waals surface area contributed by atoms with Gasteiger partial charge in [-0.05, 0) is 50.6 Å². The van der Waals surface area contributed by atoms with Gasteiger partial charge in [0, 0.05) is 30.0 Å². The van der Waals surface area contributed by atoms with Gasteiger partial charge in [-0.25, -0.2) is 18.0 Å². The first-order valence-electron chi connectivity index (χ1n) is 15.1. The SMILES string of the molecule is CCOC(=O)c1c(C)oc2cc(OCc3cccc(OCOC)c3)c(OCc3oc4cc(OC)c(OS(=O)(=O)[O-])cc4c3C(=O)OCC)cc12. The molecule has 2 aromatic heterocycles. The molecule has 15 nitrogen and oxygen atoms in total. The van der Waals surface area contributed by atoms with E-state index in [9.17, 15) is 22.6 Å². The van der Waals surface area contributed by atoms with Crippen molar-refractivity contribution >= 4 is 44.3 Å². The van der Waals surface area contributed by atoms with Crippen LogP contribution >= 0.6 is 0 Å². The fourth-order valence-corrected chi connectivity index (χ4v) is 5.43. The Balaban J connectivity index is 1.56. The zero-order valence-corrected chi connectivity index (χ0v) is 28.5. The summed E-state index contributed by atoms with van der Waals surface area (Å²) >= 11 is 0. The molecule has 0 saturated heterocycles. The number of fused-ring (bicyclic) bond motifs is 2. The van der Waals surface area contributed by atoms with Crippen LogP contribution in [0.1, 0.15) is 51.6 Å². The average Bonchev–Trinajstić information content (AvgIpc) is 3.59. The molecule has 266 valence electrons. The van der Waals surface area contributed by atoms with Gasteiger partial charge in [-0.15, -0.1) is 0 Å². The lowest BCUT2D eigenvalue weighted by atomic mass is 10.1. The van der Waals surface area contributed by atoms with Crippen molar-refractivity contribution in [2.75, 3.05) is 34.2 Å². The predicted molar refractivity (Wildman–Crippen MR) is 174 cm³/mol. The topological polar surface area (TPSA) is 191 Å². The van der Waals surface area contributed by atoms with Crippen molar-refractivity contribution in [1.82, 2.24) is 0 Å². The van der Waals surface area contributed by atoms with Crippen molar-refractivity contribution in [1.29, 1.82) is 0 Å². The molecule has 0 aliphatic rings. The molecule has 50 heavy (non-hydrogen) atoms. The van der Waals surface area contributed by atoms with Crippen LogP contribution in [-0.4, -0.2) is 59.1 Å². The van der Waals surface area contributed by atoms with Crippen molar-refractivity contribution < 1.29 is 68.7 Å². The van der Waals surface area contributed by atoms with Crippen LogP contribution in [0.2, 0.25) is 0 Å². The Kier molecular flexibility index (Phi) is 11.0. The Morgan fingerprint density at radius 3 is 2.06 bits per heavy atom. The van der Waals surface area contributed by atoms with Crippen LogP contribution < -0.4 is 23.1 Å². The summed E-state index contributed by atoms with van der Waals surface area (Å²) in [6, 6.07) is 12.7. The summed E-state index contributed by atoms with van der Waals surface area (Å²) in [6.45, 7) is 4.81.